The number of nitrogens with zero attached hydrogens (tertiary/aromatic N) is 1. The molecule has 1 rings (SSSR count). The molecule has 86 valence electrons. The SMILES string of the molecule is CCC(C)(CO)NC1CC(=O)N(C)C1=O. The van der Waals surface area contributed by atoms with E-state index in [9.17, 15) is 14.7 Å². The summed E-state index contributed by atoms with van der Waals surface area (Å²) in [5, 5.41) is 12.2. The van der Waals surface area contributed by atoms with Gasteiger partial charge in [-0.3, -0.25) is 19.8 Å². The lowest BCUT2D eigenvalue weighted by Crippen LogP contribution is -2.52. The molecule has 0 aromatic carbocycles. The predicted molar refractivity (Wildman–Crippen MR) is 55.1 cm³/mol. The highest BCUT2D eigenvalue weighted by Gasteiger charge is 2.39. The zero-order valence-electron chi connectivity index (χ0n) is 9.41. The third kappa shape index (κ3) is 2.35. The maximum absolute atomic E-state index is 11.6. The summed E-state index contributed by atoms with van der Waals surface area (Å²) < 4.78 is 0. The van der Waals surface area contributed by atoms with Crippen LogP contribution in [0.4, 0.5) is 0 Å². The van der Waals surface area contributed by atoms with Crippen molar-refractivity contribution in [1.29, 1.82) is 0 Å². The van der Waals surface area contributed by atoms with Crippen LogP contribution in [0, 0.1) is 0 Å². The first kappa shape index (κ1) is 12.1. The standard InChI is InChI=1S/C10H18N2O3/c1-4-10(2,6-13)11-7-5-8(14)12(3)9(7)15/h7,11,13H,4-6H2,1-3H3. The highest BCUT2D eigenvalue weighted by molar-refractivity contribution is 6.05. The Hall–Kier alpha value is -0.940. The first-order valence-electron chi connectivity index (χ1n) is 5.12. The average Bonchev–Trinajstić information content (AvgIpc) is 2.46. The second-order valence-electron chi connectivity index (χ2n) is 4.26. The van der Waals surface area contributed by atoms with E-state index >= 15 is 0 Å². The van der Waals surface area contributed by atoms with Crippen LogP contribution >= 0.6 is 0 Å². The fourth-order valence-electron chi connectivity index (χ4n) is 1.55. The third-order valence-corrected chi connectivity index (χ3v) is 3.03. The molecule has 1 fully saturated rings. The van der Waals surface area contributed by atoms with Gasteiger partial charge < -0.3 is 5.11 Å². The van der Waals surface area contributed by atoms with Gasteiger partial charge in [0.15, 0.2) is 0 Å². The quantitative estimate of drug-likeness (QED) is 0.619. The molecule has 2 unspecified atom stereocenters. The van der Waals surface area contributed by atoms with Crippen molar-refractivity contribution in [3.8, 4) is 0 Å². The summed E-state index contributed by atoms with van der Waals surface area (Å²) in [6.45, 7) is 3.71. The van der Waals surface area contributed by atoms with E-state index in [2.05, 4.69) is 5.32 Å². The Balaban J connectivity index is 2.68. The van der Waals surface area contributed by atoms with E-state index in [1.54, 1.807) is 0 Å². The van der Waals surface area contributed by atoms with Gasteiger partial charge in [0.25, 0.3) is 0 Å². The summed E-state index contributed by atoms with van der Waals surface area (Å²) in [5.41, 5.74) is -0.494. The Labute approximate surface area is 89.4 Å². The molecule has 2 atom stereocenters. The van der Waals surface area contributed by atoms with Crippen LogP contribution in [0.3, 0.4) is 0 Å². The third-order valence-electron chi connectivity index (χ3n) is 3.03. The molecule has 5 heteroatoms. The molecule has 15 heavy (non-hydrogen) atoms. The molecule has 1 aliphatic rings. The van der Waals surface area contributed by atoms with E-state index in [0.717, 1.165) is 4.90 Å². The Bertz CT molecular complexity index is 274. The maximum Gasteiger partial charge on any atom is 0.246 e. The summed E-state index contributed by atoms with van der Waals surface area (Å²) in [6.07, 6.45) is 0.885. The number of rotatable bonds is 4. The van der Waals surface area contributed by atoms with Crippen LogP contribution in [0.2, 0.25) is 0 Å². The lowest BCUT2D eigenvalue weighted by molar-refractivity contribution is -0.137. The molecular formula is C10H18N2O3. The zero-order chi connectivity index (χ0) is 11.6. The monoisotopic (exact) mass is 214 g/mol. The highest BCUT2D eigenvalue weighted by atomic mass is 16.3. The van der Waals surface area contributed by atoms with Crippen LogP contribution in [-0.4, -0.2) is 47.1 Å². The van der Waals surface area contributed by atoms with Gasteiger partial charge in [-0.15, -0.1) is 0 Å². The lowest BCUT2D eigenvalue weighted by Gasteiger charge is -2.29. The topological polar surface area (TPSA) is 69.6 Å². The van der Waals surface area contributed by atoms with Crippen LogP contribution in [0.1, 0.15) is 26.7 Å². The van der Waals surface area contributed by atoms with Gasteiger partial charge in [0.1, 0.15) is 0 Å². The molecule has 1 saturated heterocycles. The maximum atomic E-state index is 11.6. The number of amides is 2. The van der Waals surface area contributed by atoms with Gasteiger partial charge in [0, 0.05) is 12.6 Å². The number of hydrogen-bond acceptors (Lipinski definition) is 4. The molecule has 0 saturated carbocycles. The second kappa shape index (κ2) is 4.28. The van der Waals surface area contributed by atoms with Crippen molar-refractivity contribution in [2.24, 2.45) is 0 Å². The van der Waals surface area contributed by atoms with Crippen molar-refractivity contribution in [2.75, 3.05) is 13.7 Å². The molecule has 0 aromatic heterocycles. The fraction of sp³-hybridized carbons (Fsp3) is 0.800. The Morgan fingerprint density at radius 3 is 2.53 bits per heavy atom. The van der Waals surface area contributed by atoms with Crippen molar-refractivity contribution in [3.05, 3.63) is 0 Å². The molecule has 0 radical (unpaired) electrons. The van der Waals surface area contributed by atoms with Gasteiger partial charge in [-0.1, -0.05) is 6.92 Å². The molecule has 1 aliphatic heterocycles. The largest absolute Gasteiger partial charge is 0.394 e. The number of aliphatic hydroxyl groups is 1. The van der Waals surface area contributed by atoms with Gasteiger partial charge in [0.2, 0.25) is 11.8 Å². The van der Waals surface area contributed by atoms with Gasteiger partial charge >= 0.3 is 0 Å². The highest BCUT2D eigenvalue weighted by Crippen LogP contribution is 2.16. The van der Waals surface area contributed by atoms with Crippen LogP contribution in [0.15, 0.2) is 0 Å². The molecule has 0 aromatic rings. The smallest absolute Gasteiger partial charge is 0.246 e. The number of imide groups is 1. The molecule has 0 spiro atoms. The zero-order valence-corrected chi connectivity index (χ0v) is 9.41. The van der Waals surface area contributed by atoms with E-state index < -0.39 is 11.6 Å². The van der Waals surface area contributed by atoms with E-state index in [1.807, 2.05) is 13.8 Å². The van der Waals surface area contributed by atoms with Crippen LogP contribution < -0.4 is 5.32 Å². The minimum atomic E-state index is -0.494. The van der Waals surface area contributed by atoms with E-state index in [-0.39, 0.29) is 24.8 Å². The van der Waals surface area contributed by atoms with Crippen LogP contribution in [0.5, 0.6) is 0 Å². The van der Waals surface area contributed by atoms with E-state index in [1.165, 1.54) is 7.05 Å². The first-order chi connectivity index (χ1) is 6.93. The van der Waals surface area contributed by atoms with Crippen molar-refractivity contribution < 1.29 is 14.7 Å². The summed E-state index contributed by atoms with van der Waals surface area (Å²) in [4.78, 5) is 24.0. The van der Waals surface area contributed by atoms with E-state index in [4.69, 9.17) is 0 Å². The number of likely N-dealkylation sites (tertiary alicyclic amines) is 1. The van der Waals surface area contributed by atoms with E-state index in [0.29, 0.717) is 6.42 Å². The minimum absolute atomic E-state index is 0.0504. The first-order valence-corrected chi connectivity index (χ1v) is 5.12. The van der Waals surface area contributed by atoms with Gasteiger partial charge in [-0.25, -0.2) is 0 Å². The predicted octanol–water partition coefficient (Wildman–Crippen LogP) is -0.506. The molecule has 1 heterocycles. The Morgan fingerprint density at radius 1 is 1.60 bits per heavy atom. The van der Waals surface area contributed by atoms with Crippen LogP contribution in [-0.2, 0) is 9.59 Å². The second-order valence-corrected chi connectivity index (χ2v) is 4.26. The molecule has 0 aliphatic carbocycles. The number of carbonyl (C=O) groups is 2. The van der Waals surface area contributed by atoms with Crippen LogP contribution in [0.25, 0.3) is 0 Å². The fourth-order valence-corrected chi connectivity index (χ4v) is 1.55. The summed E-state index contributed by atoms with van der Waals surface area (Å²) in [7, 11) is 1.48. The lowest BCUT2D eigenvalue weighted by atomic mass is 9.98. The number of likely N-dealkylation sites (N-methyl/N-ethyl adjacent to an activating group) is 1. The van der Waals surface area contributed by atoms with Gasteiger partial charge in [-0.2, -0.15) is 0 Å². The number of nitrogens with one attached hydrogen (secondary N) is 1. The van der Waals surface area contributed by atoms with Gasteiger partial charge in [0.05, 0.1) is 19.1 Å². The summed E-state index contributed by atoms with van der Waals surface area (Å²) in [5.74, 6) is -0.387. The molecule has 2 N–H and O–H groups in total. The number of hydrogen-bond donors (Lipinski definition) is 2. The Kier molecular flexibility index (Phi) is 3.46. The van der Waals surface area contributed by atoms with Crippen molar-refractivity contribution in [2.45, 2.75) is 38.3 Å². The average molecular weight is 214 g/mol. The minimum Gasteiger partial charge on any atom is -0.394 e. The van der Waals surface area contributed by atoms with Crippen molar-refractivity contribution in [1.82, 2.24) is 10.2 Å². The molecule has 2 amide bonds. The molecule has 0 bridgehead atoms. The summed E-state index contributed by atoms with van der Waals surface area (Å²) >= 11 is 0. The Morgan fingerprint density at radius 2 is 2.20 bits per heavy atom. The number of carbonyl (C=O) groups excluding carboxylic acids is 2. The normalized spacial score (nSPS) is 25.9. The molecular weight excluding hydrogens is 196 g/mol. The molecule has 5 nitrogen and oxygen atoms in total. The van der Waals surface area contributed by atoms with Gasteiger partial charge in [-0.05, 0) is 13.3 Å². The van der Waals surface area contributed by atoms with Crippen molar-refractivity contribution in [3.63, 3.8) is 0 Å². The summed E-state index contributed by atoms with van der Waals surface area (Å²) in [6, 6.07) is -0.486. The van der Waals surface area contributed by atoms with Crippen molar-refractivity contribution >= 4 is 11.8 Å². The number of aliphatic hydroxyl groups excluding tert-OH is 1.